The number of amides is 1. The smallest absolute Gasteiger partial charge is 0.471 e. The molecule has 0 radical (unpaired) electrons. The molecule has 1 fully saturated rings. The number of hydrogen-bond acceptors (Lipinski definition) is 2. The molecule has 1 heterocycles. The van der Waals surface area contributed by atoms with Crippen molar-refractivity contribution in [3.05, 3.63) is 12.7 Å². The van der Waals surface area contributed by atoms with Crippen molar-refractivity contribution in [2.24, 2.45) is 5.41 Å². The Morgan fingerprint density at radius 1 is 1.32 bits per heavy atom. The predicted octanol–water partition coefficient (Wildman–Crippen LogP) is 2.21. The lowest BCUT2D eigenvalue weighted by molar-refractivity contribution is -0.185. The van der Waals surface area contributed by atoms with E-state index in [1.54, 1.807) is 0 Å². The van der Waals surface area contributed by atoms with Crippen molar-refractivity contribution in [2.75, 3.05) is 13.1 Å². The predicted molar refractivity (Wildman–Crippen MR) is 61.4 cm³/mol. The monoisotopic (exact) mass is 279 g/mol. The summed E-state index contributed by atoms with van der Waals surface area (Å²) in [7, 11) is 0. The van der Waals surface area contributed by atoms with Gasteiger partial charge in [0.25, 0.3) is 0 Å². The van der Waals surface area contributed by atoms with E-state index < -0.39 is 23.5 Å². The van der Waals surface area contributed by atoms with Crippen LogP contribution in [-0.4, -0.2) is 41.1 Å². The molecule has 0 aromatic carbocycles. The Balaban J connectivity index is 2.83. The lowest BCUT2D eigenvalue weighted by atomic mass is 9.78. The van der Waals surface area contributed by atoms with Gasteiger partial charge in [0.1, 0.15) is 0 Å². The summed E-state index contributed by atoms with van der Waals surface area (Å²) in [4.78, 5) is 23.2. The summed E-state index contributed by atoms with van der Waals surface area (Å²) < 4.78 is 37.0. The first-order chi connectivity index (χ1) is 8.73. The normalized spacial score (nSPS) is 24.7. The number of nitrogens with zero attached hydrogens (tertiary/aromatic N) is 1. The highest BCUT2D eigenvalue weighted by Crippen LogP contribution is 2.36. The minimum Gasteiger partial charge on any atom is -0.481 e. The van der Waals surface area contributed by atoms with Gasteiger partial charge in [0.05, 0.1) is 5.41 Å². The van der Waals surface area contributed by atoms with E-state index in [1.165, 1.54) is 6.08 Å². The average Bonchev–Trinajstić information content (AvgIpc) is 2.51. The van der Waals surface area contributed by atoms with Gasteiger partial charge in [-0.2, -0.15) is 13.2 Å². The zero-order valence-electron chi connectivity index (χ0n) is 10.4. The molecular formula is C12H16F3NO3. The highest BCUT2D eigenvalue weighted by molar-refractivity contribution is 5.82. The van der Waals surface area contributed by atoms with E-state index in [9.17, 15) is 27.9 Å². The maximum absolute atomic E-state index is 12.3. The third kappa shape index (κ3) is 3.48. The zero-order chi connectivity index (χ0) is 14.7. The van der Waals surface area contributed by atoms with Crippen molar-refractivity contribution >= 4 is 11.9 Å². The van der Waals surface area contributed by atoms with Crippen LogP contribution in [-0.2, 0) is 9.59 Å². The topological polar surface area (TPSA) is 57.6 Å². The first-order valence-electron chi connectivity index (χ1n) is 5.93. The third-order valence-electron chi connectivity index (χ3n) is 3.46. The van der Waals surface area contributed by atoms with Gasteiger partial charge in [-0.25, -0.2) is 0 Å². The van der Waals surface area contributed by atoms with Crippen molar-refractivity contribution in [1.29, 1.82) is 0 Å². The fraction of sp³-hybridized carbons (Fsp3) is 0.667. The first kappa shape index (κ1) is 15.5. The van der Waals surface area contributed by atoms with Crippen molar-refractivity contribution in [3.63, 3.8) is 0 Å². The number of alkyl halides is 3. The number of carbonyl (C=O) groups excluding carboxylic acids is 1. The van der Waals surface area contributed by atoms with Gasteiger partial charge in [-0.05, 0) is 25.7 Å². The molecule has 0 aromatic rings. The van der Waals surface area contributed by atoms with Gasteiger partial charge in [0.2, 0.25) is 0 Å². The Kier molecular flexibility index (Phi) is 4.60. The third-order valence-corrected chi connectivity index (χ3v) is 3.46. The van der Waals surface area contributed by atoms with Crippen molar-refractivity contribution in [1.82, 2.24) is 4.90 Å². The molecular weight excluding hydrogens is 263 g/mol. The number of carbonyl (C=O) groups is 2. The van der Waals surface area contributed by atoms with Crippen LogP contribution in [0.5, 0.6) is 0 Å². The van der Waals surface area contributed by atoms with Crippen LogP contribution < -0.4 is 0 Å². The molecule has 1 saturated heterocycles. The highest BCUT2D eigenvalue weighted by atomic mass is 19.4. The molecule has 1 rings (SSSR count). The van der Waals surface area contributed by atoms with Gasteiger partial charge < -0.3 is 10.0 Å². The molecule has 1 N–H and O–H groups in total. The molecule has 0 spiro atoms. The van der Waals surface area contributed by atoms with Gasteiger partial charge in [-0.3, -0.25) is 9.59 Å². The molecule has 4 nitrogen and oxygen atoms in total. The van der Waals surface area contributed by atoms with Gasteiger partial charge >= 0.3 is 18.1 Å². The second-order valence-corrected chi connectivity index (χ2v) is 4.72. The lowest BCUT2D eigenvalue weighted by Crippen LogP contribution is -2.42. The Labute approximate surface area is 108 Å². The van der Waals surface area contributed by atoms with Crippen LogP contribution >= 0.6 is 0 Å². The van der Waals surface area contributed by atoms with Crippen LogP contribution in [0.2, 0.25) is 0 Å². The Bertz CT molecular complexity index is 381. The average molecular weight is 279 g/mol. The summed E-state index contributed by atoms with van der Waals surface area (Å²) in [5.41, 5.74) is -1.11. The van der Waals surface area contributed by atoms with E-state index >= 15 is 0 Å². The number of aliphatic carboxylic acids is 1. The molecule has 1 atom stereocenters. The van der Waals surface area contributed by atoms with E-state index in [4.69, 9.17) is 0 Å². The summed E-state index contributed by atoms with van der Waals surface area (Å²) in [5, 5.41) is 9.26. The van der Waals surface area contributed by atoms with E-state index in [1.807, 2.05) is 0 Å². The lowest BCUT2D eigenvalue weighted by Gasteiger charge is -2.27. The van der Waals surface area contributed by atoms with Gasteiger partial charge in [-0.1, -0.05) is 6.08 Å². The Morgan fingerprint density at radius 3 is 2.42 bits per heavy atom. The van der Waals surface area contributed by atoms with Crippen LogP contribution in [0, 0.1) is 5.41 Å². The number of likely N-dealkylation sites (tertiary alicyclic amines) is 1. The first-order valence-corrected chi connectivity index (χ1v) is 5.93. The van der Waals surface area contributed by atoms with Crippen LogP contribution in [0.25, 0.3) is 0 Å². The number of carboxylic acid groups (broad SMARTS) is 1. The molecule has 0 saturated carbocycles. The van der Waals surface area contributed by atoms with Crippen molar-refractivity contribution in [2.45, 2.75) is 31.9 Å². The van der Waals surface area contributed by atoms with Crippen LogP contribution in [0.1, 0.15) is 25.7 Å². The number of rotatable bonds is 3. The maximum Gasteiger partial charge on any atom is 0.471 e. The summed E-state index contributed by atoms with van der Waals surface area (Å²) in [5.74, 6) is -2.94. The number of halogens is 3. The van der Waals surface area contributed by atoms with Crippen LogP contribution in [0.4, 0.5) is 13.2 Å². The quantitative estimate of drug-likeness (QED) is 0.806. The van der Waals surface area contributed by atoms with E-state index in [-0.39, 0.29) is 38.8 Å². The fourth-order valence-electron chi connectivity index (χ4n) is 2.36. The molecule has 1 unspecified atom stereocenters. The fourth-order valence-corrected chi connectivity index (χ4v) is 2.36. The minimum atomic E-state index is -4.91. The van der Waals surface area contributed by atoms with Crippen LogP contribution in [0.15, 0.2) is 12.7 Å². The SMILES string of the molecule is C=CCC1(C(=O)O)CCCN(C(=O)C(F)(F)F)CC1. The Hall–Kier alpha value is -1.53. The van der Waals surface area contributed by atoms with Crippen molar-refractivity contribution < 1.29 is 27.9 Å². The number of carboxylic acids is 1. The Morgan fingerprint density at radius 2 is 1.95 bits per heavy atom. The van der Waals surface area contributed by atoms with Crippen LogP contribution in [0.3, 0.4) is 0 Å². The zero-order valence-corrected chi connectivity index (χ0v) is 10.4. The molecule has 108 valence electrons. The molecule has 0 aromatic heterocycles. The number of allylic oxidation sites excluding steroid dienone is 1. The molecule has 0 bridgehead atoms. The number of hydrogen-bond donors (Lipinski definition) is 1. The maximum atomic E-state index is 12.3. The molecule has 1 aliphatic heterocycles. The summed E-state index contributed by atoms with van der Waals surface area (Å²) >= 11 is 0. The summed E-state index contributed by atoms with van der Waals surface area (Å²) in [6, 6.07) is 0. The second-order valence-electron chi connectivity index (χ2n) is 4.72. The van der Waals surface area contributed by atoms with E-state index in [0.29, 0.717) is 4.90 Å². The molecule has 1 amide bonds. The molecule has 0 aliphatic carbocycles. The standard InChI is InChI=1S/C12H16F3NO3/c1-2-4-11(10(18)19)5-3-7-16(8-6-11)9(17)12(13,14)15/h2H,1,3-8H2,(H,18,19). The largest absolute Gasteiger partial charge is 0.481 e. The molecule has 7 heteroatoms. The molecule has 19 heavy (non-hydrogen) atoms. The molecule has 1 aliphatic rings. The van der Waals surface area contributed by atoms with Gasteiger partial charge in [0.15, 0.2) is 0 Å². The summed E-state index contributed by atoms with van der Waals surface area (Å²) in [6.45, 7) is 3.22. The van der Waals surface area contributed by atoms with E-state index in [2.05, 4.69) is 6.58 Å². The minimum absolute atomic E-state index is 0.0101. The highest BCUT2D eigenvalue weighted by Gasteiger charge is 2.45. The van der Waals surface area contributed by atoms with Gasteiger partial charge in [-0.15, -0.1) is 6.58 Å². The second kappa shape index (κ2) is 5.63. The van der Waals surface area contributed by atoms with Gasteiger partial charge in [0, 0.05) is 13.1 Å². The van der Waals surface area contributed by atoms with Crippen molar-refractivity contribution in [3.8, 4) is 0 Å². The van der Waals surface area contributed by atoms with E-state index in [0.717, 1.165) is 0 Å². The summed E-state index contributed by atoms with van der Waals surface area (Å²) in [6.07, 6.45) is -2.77.